The fourth-order valence-electron chi connectivity index (χ4n) is 2.66. The highest BCUT2D eigenvalue weighted by molar-refractivity contribution is 6.35. The number of aromatic nitrogens is 2. The molecule has 1 aromatic carbocycles. The van der Waals surface area contributed by atoms with E-state index in [1.165, 1.54) is 0 Å². The summed E-state index contributed by atoms with van der Waals surface area (Å²) < 4.78 is 0. The number of hydrogen-bond acceptors (Lipinski definition) is 4. The molecule has 23 heavy (non-hydrogen) atoms. The fourth-order valence-corrected chi connectivity index (χ4v) is 2.99. The van der Waals surface area contributed by atoms with Gasteiger partial charge < -0.3 is 10.2 Å². The number of nitrogens with one attached hydrogen (secondary N) is 1. The van der Waals surface area contributed by atoms with Gasteiger partial charge in [-0.3, -0.25) is 4.79 Å². The van der Waals surface area contributed by atoms with Crippen molar-refractivity contribution in [1.82, 2.24) is 9.97 Å². The number of rotatable bonds is 3. The highest BCUT2D eigenvalue weighted by Gasteiger charge is 2.27. The summed E-state index contributed by atoms with van der Waals surface area (Å²) in [6.45, 7) is 1.44. The van der Waals surface area contributed by atoms with E-state index in [1.54, 1.807) is 36.7 Å². The van der Waals surface area contributed by atoms with E-state index in [2.05, 4.69) is 15.3 Å². The zero-order valence-electron chi connectivity index (χ0n) is 12.4. The molecular weight excluding hydrogens is 335 g/mol. The highest BCUT2D eigenvalue weighted by atomic mass is 35.5. The van der Waals surface area contributed by atoms with Crippen molar-refractivity contribution in [3.05, 3.63) is 46.7 Å². The maximum Gasteiger partial charge on any atom is 0.229 e. The number of hydrogen-bond donors (Lipinski definition) is 1. The van der Waals surface area contributed by atoms with Gasteiger partial charge in [-0.05, 0) is 37.1 Å². The van der Waals surface area contributed by atoms with Crippen LogP contribution >= 0.6 is 23.2 Å². The van der Waals surface area contributed by atoms with E-state index in [-0.39, 0.29) is 11.8 Å². The van der Waals surface area contributed by atoms with E-state index in [4.69, 9.17) is 23.2 Å². The standard InChI is InChI=1S/C16H16Cl2N4O/c17-12-4-5-13(18)14(9-12)21-15(23)11-3-1-8-22(10-11)16-19-6-2-7-20-16/h2,4-7,9,11H,1,3,8,10H2,(H,21,23)/t11-/m1/s1. The van der Waals surface area contributed by atoms with E-state index >= 15 is 0 Å². The lowest BCUT2D eigenvalue weighted by Gasteiger charge is -2.31. The topological polar surface area (TPSA) is 58.1 Å². The summed E-state index contributed by atoms with van der Waals surface area (Å²) >= 11 is 12.1. The van der Waals surface area contributed by atoms with Crippen LogP contribution in [0.3, 0.4) is 0 Å². The van der Waals surface area contributed by atoms with Gasteiger partial charge >= 0.3 is 0 Å². The zero-order chi connectivity index (χ0) is 16.2. The van der Waals surface area contributed by atoms with Crippen LogP contribution in [0.25, 0.3) is 0 Å². The van der Waals surface area contributed by atoms with Crippen LogP contribution in [0.1, 0.15) is 12.8 Å². The van der Waals surface area contributed by atoms with Gasteiger partial charge in [0.1, 0.15) is 0 Å². The van der Waals surface area contributed by atoms with Gasteiger partial charge in [0.15, 0.2) is 0 Å². The Morgan fingerprint density at radius 2 is 2.04 bits per heavy atom. The first kappa shape index (κ1) is 16.0. The third kappa shape index (κ3) is 3.92. The molecule has 0 aliphatic carbocycles. The summed E-state index contributed by atoms with van der Waals surface area (Å²) in [4.78, 5) is 23.1. The van der Waals surface area contributed by atoms with Gasteiger partial charge in [-0.15, -0.1) is 0 Å². The number of anilines is 2. The molecule has 7 heteroatoms. The molecule has 1 N–H and O–H groups in total. The Balaban J connectivity index is 1.69. The molecule has 3 rings (SSSR count). The van der Waals surface area contributed by atoms with Crippen LogP contribution < -0.4 is 10.2 Å². The van der Waals surface area contributed by atoms with E-state index < -0.39 is 0 Å². The van der Waals surface area contributed by atoms with Crippen molar-refractivity contribution >= 4 is 40.7 Å². The van der Waals surface area contributed by atoms with Crippen LogP contribution in [0.15, 0.2) is 36.7 Å². The lowest BCUT2D eigenvalue weighted by Crippen LogP contribution is -2.41. The summed E-state index contributed by atoms with van der Waals surface area (Å²) in [5, 5.41) is 3.88. The zero-order valence-corrected chi connectivity index (χ0v) is 13.9. The Kier molecular flexibility index (Phi) is 4.98. The number of carbonyl (C=O) groups excluding carboxylic acids is 1. The quantitative estimate of drug-likeness (QED) is 0.917. The van der Waals surface area contributed by atoms with Crippen molar-refractivity contribution in [3.8, 4) is 0 Å². The molecule has 0 bridgehead atoms. The summed E-state index contributed by atoms with van der Waals surface area (Å²) in [5.74, 6) is 0.461. The number of carbonyl (C=O) groups is 1. The molecule has 1 saturated heterocycles. The molecule has 0 unspecified atom stereocenters. The SMILES string of the molecule is O=C(Nc1cc(Cl)ccc1Cl)[C@@H]1CCCN(c2ncccn2)C1. The number of piperidine rings is 1. The van der Waals surface area contributed by atoms with Crippen molar-refractivity contribution in [1.29, 1.82) is 0 Å². The van der Waals surface area contributed by atoms with E-state index in [0.29, 0.717) is 28.2 Å². The Bertz CT molecular complexity index is 696. The summed E-state index contributed by atoms with van der Waals surface area (Å²) in [5.41, 5.74) is 0.539. The largest absolute Gasteiger partial charge is 0.340 e. The molecule has 2 aromatic rings. The van der Waals surface area contributed by atoms with Gasteiger partial charge in [-0.1, -0.05) is 23.2 Å². The van der Waals surface area contributed by atoms with Crippen molar-refractivity contribution in [3.63, 3.8) is 0 Å². The maximum atomic E-state index is 12.5. The Labute approximate surface area is 144 Å². The van der Waals surface area contributed by atoms with Gasteiger partial charge in [-0.2, -0.15) is 0 Å². The highest BCUT2D eigenvalue weighted by Crippen LogP contribution is 2.27. The molecule has 1 aliphatic heterocycles. The predicted molar refractivity (Wildman–Crippen MR) is 92.1 cm³/mol. The normalized spacial score (nSPS) is 17.8. The molecule has 1 amide bonds. The summed E-state index contributed by atoms with van der Waals surface area (Å²) in [6.07, 6.45) is 5.16. The number of nitrogens with zero attached hydrogens (tertiary/aromatic N) is 3. The average molecular weight is 351 g/mol. The Morgan fingerprint density at radius 1 is 1.26 bits per heavy atom. The molecular formula is C16H16Cl2N4O. The van der Waals surface area contributed by atoms with Gasteiger partial charge in [0, 0.05) is 30.5 Å². The molecule has 0 radical (unpaired) electrons. The monoisotopic (exact) mass is 350 g/mol. The molecule has 0 saturated carbocycles. The average Bonchev–Trinajstić information content (AvgIpc) is 2.59. The van der Waals surface area contributed by atoms with Crippen LogP contribution in [0.4, 0.5) is 11.6 Å². The predicted octanol–water partition coefficient (Wildman–Crippen LogP) is 3.64. The molecule has 1 aliphatic rings. The van der Waals surface area contributed by atoms with Gasteiger partial charge in [0.25, 0.3) is 0 Å². The fraction of sp³-hybridized carbons (Fsp3) is 0.312. The third-order valence-corrected chi connectivity index (χ3v) is 4.38. The number of benzene rings is 1. The molecule has 1 fully saturated rings. The molecule has 5 nitrogen and oxygen atoms in total. The van der Waals surface area contributed by atoms with Crippen LogP contribution in [-0.2, 0) is 4.79 Å². The lowest BCUT2D eigenvalue weighted by atomic mass is 9.97. The van der Waals surface area contributed by atoms with E-state index in [1.807, 2.05) is 4.90 Å². The summed E-state index contributed by atoms with van der Waals surface area (Å²) in [6, 6.07) is 6.79. The minimum absolute atomic E-state index is 0.0604. The second-order valence-corrected chi connectivity index (χ2v) is 6.29. The van der Waals surface area contributed by atoms with Crippen LogP contribution in [0, 0.1) is 5.92 Å². The second-order valence-electron chi connectivity index (χ2n) is 5.45. The number of amides is 1. The third-order valence-electron chi connectivity index (χ3n) is 3.81. The first-order chi connectivity index (χ1) is 11.1. The van der Waals surface area contributed by atoms with Gasteiger partial charge in [-0.25, -0.2) is 9.97 Å². The van der Waals surface area contributed by atoms with E-state index in [9.17, 15) is 4.79 Å². The summed E-state index contributed by atoms with van der Waals surface area (Å²) in [7, 11) is 0. The van der Waals surface area contributed by atoms with E-state index in [0.717, 1.165) is 19.4 Å². The molecule has 1 atom stereocenters. The van der Waals surface area contributed by atoms with Crippen LogP contribution in [-0.4, -0.2) is 29.0 Å². The Morgan fingerprint density at radius 3 is 2.83 bits per heavy atom. The van der Waals surface area contributed by atoms with Crippen LogP contribution in [0.5, 0.6) is 0 Å². The maximum absolute atomic E-state index is 12.5. The first-order valence-electron chi connectivity index (χ1n) is 7.41. The van der Waals surface area contributed by atoms with Crippen molar-refractivity contribution < 1.29 is 4.79 Å². The minimum Gasteiger partial charge on any atom is -0.340 e. The van der Waals surface area contributed by atoms with Crippen molar-refractivity contribution in [2.24, 2.45) is 5.92 Å². The minimum atomic E-state index is -0.136. The van der Waals surface area contributed by atoms with Gasteiger partial charge in [0.2, 0.25) is 11.9 Å². The molecule has 2 heterocycles. The molecule has 0 spiro atoms. The number of halogens is 2. The smallest absolute Gasteiger partial charge is 0.229 e. The van der Waals surface area contributed by atoms with Crippen molar-refractivity contribution in [2.75, 3.05) is 23.3 Å². The molecule has 120 valence electrons. The molecule has 1 aromatic heterocycles. The lowest BCUT2D eigenvalue weighted by molar-refractivity contribution is -0.120. The van der Waals surface area contributed by atoms with Crippen LogP contribution in [0.2, 0.25) is 10.0 Å². The first-order valence-corrected chi connectivity index (χ1v) is 8.17. The van der Waals surface area contributed by atoms with Crippen molar-refractivity contribution in [2.45, 2.75) is 12.8 Å². The second kappa shape index (κ2) is 7.15. The van der Waals surface area contributed by atoms with Gasteiger partial charge in [0.05, 0.1) is 16.6 Å². The Hall–Kier alpha value is -1.85.